The summed E-state index contributed by atoms with van der Waals surface area (Å²) in [7, 11) is -2.39. The van der Waals surface area contributed by atoms with Crippen molar-refractivity contribution in [2.45, 2.75) is 6.42 Å². The predicted molar refractivity (Wildman–Crippen MR) is 72.5 cm³/mol. The van der Waals surface area contributed by atoms with E-state index in [1.165, 1.54) is 0 Å². The first-order chi connectivity index (χ1) is 9.17. The normalized spacial score (nSPS) is 14.1. The SMILES string of the molecule is [N-]=[N+]=C1C=CC(Nc2ccc(OP(O)O)cc2)=CC1. The highest BCUT2D eigenvalue weighted by molar-refractivity contribution is 7.39. The molecule has 98 valence electrons. The van der Waals surface area contributed by atoms with Gasteiger partial charge in [0.15, 0.2) is 0 Å². The van der Waals surface area contributed by atoms with Crippen LogP contribution in [0.15, 0.2) is 48.2 Å². The summed E-state index contributed by atoms with van der Waals surface area (Å²) in [5.41, 5.74) is 10.9. The summed E-state index contributed by atoms with van der Waals surface area (Å²) in [5.74, 6) is 0.393. The molecule has 0 aliphatic heterocycles. The van der Waals surface area contributed by atoms with Gasteiger partial charge in [-0.2, -0.15) is 4.79 Å². The van der Waals surface area contributed by atoms with Crippen LogP contribution in [0.5, 0.6) is 5.75 Å². The highest BCUT2D eigenvalue weighted by atomic mass is 31.2. The smallest absolute Gasteiger partial charge is 0.391 e. The molecule has 0 fully saturated rings. The van der Waals surface area contributed by atoms with Gasteiger partial charge in [-0.25, -0.2) is 0 Å². The van der Waals surface area contributed by atoms with Crippen molar-refractivity contribution in [3.05, 3.63) is 53.7 Å². The molecule has 1 aliphatic carbocycles. The second kappa shape index (κ2) is 6.27. The van der Waals surface area contributed by atoms with Crippen LogP contribution >= 0.6 is 8.60 Å². The van der Waals surface area contributed by atoms with Gasteiger partial charge >= 0.3 is 8.60 Å². The molecular weight excluding hydrogens is 265 g/mol. The fourth-order valence-electron chi connectivity index (χ4n) is 1.56. The molecule has 0 heterocycles. The maximum Gasteiger partial charge on any atom is 0.391 e. The highest BCUT2D eigenvalue weighted by Crippen LogP contribution is 2.29. The molecule has 1 aliphatic rings. The van der Waals surface area contributed by atoms with Crippen molar-refractivity contribution in [3.63, 3.8) is 0 Å². The van der Waals surface area contributed by atoms with Gasteiger partial charge in [0.2, 0.25) is 0 Å². The van der Waals surface area contributed by atoms with Crippen LogP contribution in [0.2, 0.25) is 0 Å². The van der Waals surface area contributed by atoms with E-state index >= 15 is 0 Å². The van der Waals surface area contributed by atoms with Crippen LogP contribution in [0, 0.1) is 0 Å². The maximum atomic E-state index is 8.72. The van der Waals surface area contributed by atoms with E-state index in [0.29, 0.717) is 17.9 Å². The molecule has 7 heteroatoms. The molecular formula is C12H12N3O3P. The molecule has 19 heavy (non-hydrogen) atoms. The van der Waals surface area contributed by atoms with Crippen molar-refractivity contribution in [2.75, 3.05) is 5.32 Å². The second-order valence-corrected chi connectivity index (χ2v) is 4.47. The maximum absolute atomic E-state index is 8.72. The Hall–Kier alpha value is -1.97. The summed E-state index contributed by atoms with van der Waals surface area (Å²) < 4.78 is 4.76. The van der Waals surface area contributed by atoms with Crippen molar-refractivity contribution >= 4 is 20.0 Å². The van der Waals surface area contributed by atoms with E-state index in [9.17, 15) is 0 Å². The Bertz CT molecular complexity index is 560. The van der Waals surface area contributed by atoms with Gasteiger partial charge in [0, 0.05) is 17.5 Å². The van der Waals surface area contributed by atoms with E-state index in [0.717, 1.165) is 11.4 Å². The van der Waals surface area contributed by atoms with Gasteiger partial charge in [0.05, 0.1) is 6.42 Å². The van der Waals surface area contributed by atoms with Crippen molar-refractivity contribution in [1.82, 2.24) is 0 Å². The number of allylic oxidation sites excluding steroid dienone is 3. The average Bonchev–Trinajstić information content (AvgIpc) is 2.41. The van der Waals surface area contributed by atoms with Crippen molar-refractivity contribution in [3.8, 4) is 5.75 Å². The Labute approximate surface area is 111 Å². The highest BCUT2D eigenvalue weighted by Gasteiger charge is 2.08. The van der Waals surface area contributed by atoms with Gasteiger partial charge in [-0.05, 0) is 36.4 Å². The second-order valence-electron chi connectivity index (χ2n) is 3.78. The van der Waals surface area contributed by atoms with E-state index in [4.69, 9.17) is 19.8 Å². The van der Waals surface area contributed by atoms with Crippen LogP contribution in [0.1, 0.15) is 6.42 Å². The van der Waals surface area contributed by atoms with Crippen molar-refractivity contribution < 1.29 is 19.1 Å². The van der Waals surface area contributed by atoms with E-state index in [-0.39, 0.29) is 0 Å². The lowest BCUT2D eigenvalue weighted by Gasteiger charge is -2.10. The zero-order valence-electron chi connectivity index (χ0n) is 9.89. The first kappa shape index (κ1) is 13.5. The molecule has 0 amide bonds. The molecule has 3 N–H and O–H groups in total. The average molecular weight is 277 g/mol. The summed E-state index contributed by atoms with van der Waals surface area (Å²) in [6.07, 6.45) is 6.00. The van der Waals surface area contributed by atoms with Crippen LogP contribution in [0.4, 0.5) is 5.69 Å². The summed E-state index contributed by atoms with van der Waals surface area (Å²) in [5, 5.41) is 3.17. The van der Waals surface area contributed by atoms with Gasteiger partial charge in [0.1, 0.15) is 5.75 Å². The molecule has 6 nitrogen and oxygen atoms in total. The summed E-state index contributed by atoms with van der Waals surface area (Å²) in [6, 6.07) is 6.80. The number of nitrogens with one attached hydrogen (secondary N) is 1. The lowest BCUT2D eigenvalue weighted by Crippen LogP contribution is -2.04. The van der Waals surface area contributed by atoms with Gasteiger partial charge in [-0.1, -0.05) is 0 Å². The van der Waals surface area contributed by atoms with E-state index in [1.54, 1.807) is 30.3 Å². The molecule has 0 saturated heterocycles. The first-order valence-corrected chi connectivity index (χ1v) is 6.66. The summed E-state index contributed by atoms with van der Waals surface area (Å²) in [6.45, 7) is 0. The topological polar surface area (TPSA) is 98.1 Å². The van der Waals surface area contributed by atoms with Crippen molar-refractivity contribution in [2.24, 2.45) is 0 Å². The lowest BCUT2D eigenvalue weighted by molar-refractivity contribution is -0.00540. The van der Waals surface area contributed by atoms with E-state index in [2.05, 4.69) is 10.1 Å². The number of nitrogens with zero attached hydrogens (tertiary/aromatic N) is 2. The Kier molecular flexibility index (Phi) is 4.44. The molecule has 1 aromatic rings. The number of benzene rings is 1. The molecule has 0 bridgehead atoms. The van der Waals surface area contributed by atoms with Crippen LogP contribution in [-0.4, -0.2) is 20.3 Å². The number of hydrogen-bond donors (Lipinski definition) is 3. The van der Waals surface area contributed by atoms with Crippen LogP contribution in [0.3, 0.4) is 0 Å². The lowest BCUT2D eigenvalue weighted by atomic mass is 10.1. The third-order valence-electron chi connectivity index (χ3n) is 2.44. The monoisotopic (exact) mass is 277 g/mol. The van der Waals surface area contributed by atoms with Crippen LogP contribution in [0.25, 0.3) is 5.53 Å². The van der Waals surface area contributed by atoms with Gasteiger partial charge < -0.3 is 25.2 Å². The number of anilines is 1. The van der Waals surface area contributed by atoms with Gasteiger partial charge in [0.25, 0.3) is 5.71 Å². The Morgan fingerprint density at radius 1 is 1.21 bits per heavy atom. The molecule has 0 unspecified atom stereocenters. The summed E-state index contributed by atoms with van der Waals surface area (Å²) in [4.78, 5) is 20.6. The van der Waals surface area contributed by atoms with E-state index in [1.807, 2.05) is 12.2 Å². The predicted octanol–water partition coefficient (Wildman–Crippen LogP) is 2.20. The van der Waals surface area contributed by atoms with Gasteiger partial charge in [-0.15, -0.1) is 0 Å². The minimum absolute atomic E-state index is 0.393. The quantitative estimate of drug-likeness (QED) is 0.446. The number of rotatable bonds is 4. The van der Waals surface area contributed by atoms with Crippen molar-refractivity contribution in [1.29, 1.82) is 0 Å². The third kappa shape index (κ3) is 4.02. The van der Waals surface area contributed by atoms with Crippen LogP contribution in [-0.2, 0) is 0 Å². The molecule has 0 spiro atoms. The summed E-state index contributed by atoms with van der Waals surface area (Å²) >= 11 is 0. The minimum Gasteiger partial charge on any atom is -0.427 e. The van der Waals surface area contributed by atoms with E-state index < -0.39 is 8.60 Å². The largest absolute Gasteiger partial charge is 0.427 e. The third-order valence-corrected chi connectivity index (χ3v) is 2.82. The zero-order valence-corrected chi connectivity index (χ0v) is 10.8. The first-order valence-electron chi connectivity index (χ1n) is 5.49. The fraction of sp³-hybridized carbons (Fsp3) is 0.0833. The molecule has 0 saturated carbocycles. The van der Waals surface area contributed by atoms with Gasteiger partial charge in [-0.3, -0.25) is 0 Å². The Morgan fingerprint density at radius 3 is 2.47 bits per heavy atom. The minimum atomic E-state index is -2.39. The standard InChI is InChI=1S/C12H12N3O3P/c13-15-11-3-1-9(2-4-11)14-10-5-7-12(8-6-10)18-19(16)17/h1-3,5-8,14,16-17H,4H2. The molecule has 1 aromatic carbocycles. The molecule has 0 radical (unpaired) electrons. The Morgan fingerprint density at radius 2 is 1.95 bits per heavy atom. The molecule has 0 atom stereocenters. The number of hydrogen-bond acceptors (Lipinski definition) is 4. The zero-order chi connectivity index (χ0) is 13.7. The molecule has 2 rings (SSSR count). The fourth-order valence-corrected chi connectivity index (χ4v) is 1.87. The molecule has 0 aromatic heterocycles. The van der Waals surface area contributed by atoms with Crippen LogP contribution < -0.4 is 9.84 Å². The Balaban J connectivity index is 1.99.